The first-order chi connectivity index (χ1) is 10.8. The lowest BCUT2D eigenvalue weighted by molar-refractivity contribution is -0.120. The van der Waals surface area contributed by atoms with Crippen LogP contribution in [0.15, 0.2) is 48.5 Å². The third kappa shape index (κ3) is 2.84. The molecular weight excluding hydrogens is 274 g/mol. The van der Waals surface area contributed by atoms with Crippen LogP contribution in [0.5, 0.6) is 0 Å². The van der Waals surface area contributed by atoms with Crippen LogP contribution in [0.4, 0.5) is 5.69 Å². The highest BCUT2D eigenvalue weighted by molar-refractivity contribution is 5.97. The summed E-state index contributed by atoms with van der Waals surface area (Å²) in [4.78, 5) is 24.9. The van der Waals surface area contributed by atoms with E-state index in [4.69, 9.17) is 0 Å². The molecular formula is C19H17NO2. The van der Waals surface area contributed by atoms with E-state index in [1.54, 1.807) is 4.90 Å². The molecule has 0 fully saturated rings. The molecule has 22 heavy (non-hydrogen) atoms. The van der Waals surface area contributed by atoms with E-state index in [1.807, 2.05) is 54.6 Å². The summed E-state index contributed by atoms with van der Waals surface area (Å²) in [6, 6.07) is 15.9. The molecule has 1 amide bonds. The Bertz CT molecular complexity index is 734. The van der Waals surface area contributed by atoms with Gasteiger partial charge in [0, 0.05) is 12.8 Å². The van der Waals surface area contributed by atoms with E-state index in [1.165, 1.54) is 0 Å². The van der Waals surface area contributed by atoms with Gasteiger partial charge < -0.3 is 9.69 Å². The number of nitrogens with zero attached hydrogens (tertiary/aromatic N) is 1. The molecule has 0 bridgehead atoms. The Hall–Kier alpha value is -2.68. The predicted molar refractivity (Wildman–Crippen MR) is 88.3 cm³/mol. The Morgan fingerprint density at radius 2 is 1.68 bits per heavy atom. The van der Waals surface area contributed by atoms with Crippen LogP contribution in [0.2, 0.25) is 0 Å². The molecule has 0 N–H and O–H groups in total. The molecule has 1 heterocycles. The molecule has 110 valence electrons. The maximum atomic E-state index is 12.5. The fraction of sp³-hybridized carbons (Fsp3) is 0.158. The number of fused-ring (bicyclic) bond motifs is 2. The molecule has 0 spiro atoms. The molecule has 3 heteroatoms. The van der Waals surface area contributed by atoms with Crippen LogP contribution in [0.25, 0.3) is 12.2 Å². The number of amides is 1. The zero-order valence-electron chi connectivity index (χ0n) is 12.2. The second-order valence-corrected chi connectivity index (χ2v) is 5.28. The van der Waals surface area contributed by atoms with Crippen LogP contribution >= 0.6 is 0 Å². The maximum absolute atomic E-state index is 12.5. The van der Waals surface area contributed by atoms with Gasteiger partial charge in [0.15, 0.2) is 0 Å². The highest BCUT2D eigenvalue weighted by Gasteiger charge is 2.20. The van der Waals surface area contributed by atoms with Crippen LogP contribution in [-0.4, -0.2) is 12.2 Å². The van der Waals surface area contributed by atoms with E-state index in [0.29, 0.717) is 6.54 Å². The third-order valence-electron chi connectivity index (χ3n) is 3.83. The second kappa shape index (κ2) is 6.39. The van der Waals surface area contributed by atoms with Gasteiger partial charge in [-0.25, -0.2) is 0 Å². The number of para-hydroxylation sites is 1. The fourth-order valence-corrected chi connectivity index (χ4v) is 2.69. The number of anilines is 1. The van der Waals surface area contributed by atoms with Gasteiger partial charge in [-0.3, -0.25) is 4.79 Å². The summed E-state index contributed by atoms with van der Waals surface area (Å²) < 4.78 is 0. The number of benzene rings is 2. The van der Waals surface area contributed by atoms with E-state index >= 15 is 0 Å². The van der Waals surface area contributed by atoms with Crippen LogP contribution in [0, 0.1) is 0 Å². The lowest BCUT2D eigenvalue weighted by Gasteiger charge is -2.27. The van der Waals surface area contributed by atoms with Crippen molar-refractivity contribution in [3.8, 4) is 0 Å². The number of hydrogen-bond acceptors (Lipinski definition) is 2. The lowest BCUT2D eigenvalue weighted by atomic mass is 10.0. The van der Waals surface area contributed by atoms with Gasteiger partial charge in [0.25, 0.3) is 0 Å². The molecule has 0 saturated carbocycles. The lowest BCUT2D eigenvalue weighted by Crippen LogP contribution is -2.31. The zero-order valence-corrected chi connectivity index (χ0v) is 12.2. The van der Waals surface area contributed by atoms with Gasteiger partial charge in [-0.2, -0.15) is 0 Å². The highest BCUT2D eigenvalue weighted by Crippen LogP contribution is 2.29. The summed E-state index contributed by atoms with van der Waals surface area (Å²) >= 11 is 0. The van der Waals surface area contributed by atoms with Crippen molar-refractivity contribution in [2.45, 2.75) is 19.4 Å². The van der Waals surface area contributed by atoms with Crippen molar-refractivity contribution in [1.29, 1.82) is 0 Å². The van der Waals surface area contributed by atoms with Crippen molar-refractivity contribution in [2.24, 2.45) is 0 Å². The average Bonchev–Trinajstić information content (AvgIpc) is 2.55. The van der Waals surface area contributed by atoms with E-state index in [-0.39, 0.29) is 18.7 Å². The Labute approximate surface area is 129 Å². The van der Waals surface area contributed by atoms with Crippen LogP contribution in [0.3, 0.4) is 0 Å². The maximum Gasteiger partial charge on any atom is 0.227 e. The minimum Gasteiger partial charge on any atom is -0.307 e. The number of carbonyl (C=O) groups excluding carboxylic acids is 2. The molecule has 0 unspecified atom stereocenters. The number of hydrogen-bond donors (Lipinski definition) is 0. The predicted octanol–water partition coefficient (Wildman–Crippen LogP) is 3.68. The Balaban J connectivity index is 2.06. The van der Waals surface area contributed by atoms with Gasteiger partial charge in [-0.1, -0.05) is 54.6 Å². The van der Waals surface area contributed by atoms with Crippen molar-refractivity contribution >= 4 is 30.0 Å². The minimum absolute atomic E-state index is 0.0235. The van der Waals surface area contributed by atoms with Gasteiger partial charge in [0.05, 0.1) is 12.2 Å². The number of carbonyl (C=O) groups is 2. The molecule has 0 saturated heterocycles. The van der Waals surface area contributed by atoms with Crippen LogP contribution < -0.4 is 4.90 Å². The smallest absolute Gasteiger partial charge is 0.227 e. The first-order valence-electron chi connectivity index (χ1n) is 7.38. The van der Waals surface area contributed by atoms with Crippen molar-refractivity contribution < 1.29 is 9.59 Å². The molecule has 0 atom stereocenters. The van der Waals surface area contributed by atoms with Crippen molar-refractivity contribution in [1.82, 2.24) is 0 Å². The third-order valence-corrected chi connectivity index (χ3v) is 3.83. The summed E-state index contributed by atoms with van der Waals surface area (Å²) in [5.41, 5.74) is 4.12. The van der Waals surface area contributed by atoms with E-state index < -0.39 is 0 Å². The standard InChI is InChI=1S/C19H17NO2/c21-13-5-10-19(22)20-14-17-8-2-1-6-15(17)11-12-16-7-3-4-9-18(16)20/h1-4,6-9,11-13H,5,10,14H2/b12-11-. The summed E-state index contributed by atoms with van der Waals surface area (Å²) in [5.74, 6) is -0.0235. The first-order valence-corrected chi connectivity index (χ1v) is 7.38. The summed E-state index contributed by atoms with van der Waals surface area (Å²) in [6.45, 7) is 0.523. The molecule has 3 rings (SSSR count). The van der Waals surface area contributed by atoms with Gasteiger partial charge in [-0.15, -0.1) is 0 Å². The highest BCUT2D eigenvalue weighted by atomic mass is 16.2. The molecule has 0 radical (unpaired) electrons. The van der Waals surface area contributed by atoms with Crippen molar-refractivity contribution in [3.05, 3.63) is 65.2 Å². The largest absolute Gasteiger partial charge is 0.307 e. The SMILES string of the molecule is O=CCCC(=O)N1Cc2ccccc2/C=C\c2ccccc21. The molecule has 0 aliphatic carbocycles. The molecule has 2 aromatic carbocycles. The Kier molecular flexibility index (Phi) is 4.15. The van der Waals surface area contributed by atoms with Crippen LogP contribution in [0.1, 0.15) is 29.5 Å². The Morgan fingerprint density at radius 3 is 2.50 bits per heavy atom. The second-order valence-electron chi connectivity index (χ2n) is 5.28. The molecule has 1 aliphatic heterocycles. The first kappa shape index (κ1) is 14.3. The Morgan fingerprint density at radius 1 is 1.00 bits per heavy atom. The van der Waals surface area contributed by atoms with E-state index in [9.17, 15) is 9.59 Å². The van der Waals surface area contributed by atoms with Gasteiger partial charge in [0.1, 0.15) is 6.29 Å². The summed E-state index contributed by atoms with van der Waals surface area (Å²) in [7, 11) is 0. The van der Waals surface area contributed by atoms with Gasteiger partial charge in [0.2, 0.25) is 5.91 Å². The number of rotatable bonds is 3. The minimum atomic E-state index is -0.0235. The average molecular weight is 291 g/mol. The van der Waals surface area contributed by atoms with Gasteiger partial charge in [-0.05, 0) is 22.8 Å². The molecule has 0 aromatic heterocycles. The monoisotopic (exact) mass is 291 g/mol. The van der Waals surface area contributed by atoms with Crippen molar-refractivity contribution in [3.63, 3.8) is 0 Å². The molecule has 1 aliphatic rings. The zero-order chi connectivity index (χ0) is 15.4. The quantitative estimate of drug-likeness (QED) is 0.809. The molecule has 2 aromatic rings. The van der Waals surface area contributed by atoms with E-state index in [2.05, 4.69) is 6.08 Å². The molecule has 3 nitrogen and oxygen atoms in total. The fourth-order valence-electron chi connectivity index (χ4n) is 2.69. The van der Waals surface area contributed by atoms with Crippen LogP contribution in [-0.2, 0) is 16.1 Å². The summed E-state index contributed by atoms with van der Waals surface area (Å²) in [6.07, 6.45) is 5.41. The van der Waals surface area contributed by atoms with Crippen molar-refractivity contribution in [2.75, 3.05) is 4.90 Å². The van der Waals surface area contributed by atoms with E-state index in [0.717, 1.165) is 28.7 Å². The number of aldehydes is 1. The summed E-state index contributed by atoms with van der Waals surface area (Å²) in [5, 5.41) is 0. The van der Waals surface area contributed by atoms with Gasteiger partial charge >= 0.3 is 0 Å². The topological polar surface area (TPSA) is 37.4 Å². The normalized spacial score (nSPS) is 14.3.